The largest absolute Gasteiger partial charge is 0.481 e. The van der Waals surface area contributed by atoms with Crippen molar-refractivity contribution in [3.63, 3.8) is 0 Å². The summed E-state index contributed by atoms with van der Waals surface area (Å²) >= 11 is 0. The predicted molar refractivity (Wildman–Crippen MR) is 32.0 cm³/mol. The van der Waals surface area contributed by atoms with Crippen LogP contribution in [0.3, 0.4) is 0 Å². The zero-order chi connectivity index (χ0) is 6.43. The van der Waals surface area contributed by atoms with Crippen LogP contribution in [0, 0.1) is 17.8 Å². The molecule has 1 N–H and O–H groups in total. The van der Waals surface area contributed by atoms with Crippen LogP contribution in [0.2, 0.25) is 0 Å². The molecule has 0 saturated heterocycles. The Morgan fingerprint density at radius 3 is 2.44 bits per heavy atom. The second-order valence-corrected chi connectivity index (χ2v) is 3.18. The van der Waals surface area contributed by atoms with Crippen LogP contribution >= 0.6 is 0 Å². The smallest absolute Gasteiger partial charge is 0.306 e. The van der Waals surface area contributed by atoms with E-state index in [2.05, 4.69) is 0 Å². The number of hydrogen-bond donors (Lipinski definition) is 1. The number of carboxylic acid groups (broad SMARTS) is 1. The Labute approximate surface area is 53.9 Å². The van der Waals surface area contributed by atoms with E-state index in [0.717, 1.165) is 12.3 Å². The molecular formula is C7H10O2. The highest BCUT2D eigenvalue weighted by molar-refractivity contribution is 5.71. The molecule has 0 heterocycles. The van der Waals surface area contributed by atoms with Crippen LogP contribution in [-0.2, 0) is 4.79 Å². The lowest BCUT2D eigenvalue weighted by Crippen LogP contribution is -2.12. The van der Waals surface area contributed by atoms with Crippen LogP contribution in [0.4, 0.5) is 0 Å². The fraction of sp³-hybridized carbons (Fsp3) is 0.857. The Balaban J connectivity index is 2.06. The minimum atomic E-state index is -0.569. The third kappa shape index (κ3) is 0.655. The standard InChI is InChI=1S/C7H10O2/c8-7(9)5-2-1-4-3-6(4)5/h4-6H,1-3H2,(H,8,9)/t4-,5+,6+/m1/s1. The van der Waals surface area contributed by atoms with Crippen molar-refractivity contribution in [3.8, 4) is 0 Å². The second kappa shape index (κ2) is 1.49. The molecule has 0 spiro atoms. The van der Waals surface area contributed by atoms with E-state index in [9.17, 15) is 4.79 Å². The molecule has 0 amide bonds. The Kier molecular flexibility index (Phi) is 0.875. The van der Waals surface area contributed by atoms with E-state index in [1.54, 1.807) is 0 Å². The summed E-state index contributed by atoms with van der Waals surface area (Å²) in [7, 11) is 0. The van der Waals surface area contributed by atoms with Crippen LogP contribution in [0.25, 0.3) is 0 Å². The van der Waals surface area contributed by atoms with E-state index < -0.39 is 5.97 Å². The van der Waals surface area contributed by atoms with Gasteiger partial charge in [0.25, 0.3) is 0 Å². The van der Waals surface area contributed by atoms with Crippen LogP contribution in [0.15, 0.2) is 0 Å². The molecule has 2 nitrogen and oxygen atoms in total. The molecule has 2 heteroatoms. The summed E-state index contributed by atoms with van der Waals surface area (Å²) in [5.41, 5.74) is 0. The van der Waals surface area contributed by atoms with E-state index in [1.165, 1.54) is 12.8 Å². The summed E-state index contributed by atoms with van der Waals surface area (Å²) in [6.07, 6.45) is 3.29. The third-order valence-corrected chi connectivity index (χ3v) is 2.66. The van der Waals surface area contributed by atoms with E-state index in [-0.39, 0.29) is 5.92 Å². The molecule has 2 aliphatic rings. The van der Waals surface area contributed by atoms with Crippen molar-refractivity contribution in [3.05, 3.63) is 0 Å². The van der Waals surface area contributed by atoms with Crippen molar-refractivity contribution < 1.29 is 9.90 Å². The summed E-state index contributed by atoms with van der Waals surface area (Å²) in [5, 5.41) is 8.61. The van der Waals surface area contributed by atoms with Crippen molar-refractivity contribution in [2.75, 3.05) is 0 Å². The van der Waals surface area contributed by atoms with Crippen LogP contribution < -0.4 is 0 Å². The SMILES string of the molecule is O=C(O)[C@H]1CC[C@@H]2C[C@@H]21. The highest BCUT2D eigenvalue weighted by Gasteiger charge is 2.50. The zero-order valence-corrected chi connectivity index (χ0v) is 5.21. The van der Waals surface area contributed by atoms with E-state index in [1.807, 2.05) is 0 Å². The van der Waals surface area contributed by atoms with Crippen LogP contribution in [0.1, 0.15) is 19.3 Å². The molecule has 3 atom stereocenters. The van der Waals surface area contributed by atoms with Gasteiger partial charge in [0.1, 0.15) is 0 Å². The highest BCUT2D eigenvalue weighted by atomic mass is 16.4. The summed E-state index contributed by atoms with van der Waals surface area (Å²) < 4.78 is 0. The molecule has 2 saturated carbocycles. The average molecular weight is 126 g/mol. The molecule has 0 aromatic carbocycles. The van der Waals surface area contributed by atoms with Gasteiger partial charge in [0.15, 0.2) is 0 Å². The number of rotatable bonds is 1. The first kappa shape index (κ1) is 5.27. The summed E-state index contributed by atoms with van der Waals surface area (Å²) in [5.74, 6) is 0.823. The predicted octanol–water partition coefficient (Wildman–Crippen LogP) is 1.12. The van der Waals surface area contributed by atoms with Gasteiger partial charge in [-0.2, -0.15) is 0 Å². The first-order chi connectivity index (χ1) is 4.29. The molecule has 0 unspecified atom stereocenters. The number of fused-ring (bicyclic) bond motifs is 1. The summed E-state index contributed by atoms with van der Waals surface area (Å²) in [4.78, 5) is 10.4. The number of carbonyl (C=O) groups is 1. The molecule has 9 heavy (non-hydrogen) atoms. The van der Waals surface area contributed by atoms with Gasteiger partial charge in [0.05, 0.1) is 5.92 Å². The molecule has 2 rings (SSSR count). The lowest BCUT2D eigenvalue weighted by atomic mass is 10.0. The molecule has 2 aliphatic carbocycles. The van der Waals surface area contributed by atoms with Crippen molar-refractivity contribution in [1.82, 2.24) is 0 Å². The summed E-state index contributed by atoms with van der Waals surface area (Å²) in [6.45, 7) is 0. The third-order valence-electron chi connectivity index (χ3n) is 2.66. The minimum Gasteiger partial charge on any atom is -0.481 e. The first-order valence-corrected chi connectivity index (χ1v) is 3.52. The Morgan fingerprint density at radius 2 is 2.22 bits per heavy atom. The molecular weight excluding hydrogens is 116 g/mol. The van der Waals surface area contributed by atoms with Gasteiger partial charge < -0.3 is 5.11 Å². The monoisotopic (exact) mass is 126 g/mol. The van der Waals surface area contributed by atoms with Crippen molar-refractivity contribution in [2.45, 2.75) is 19.3 Å². The lowest BCUT2D eigenvalue weighted by Gasteiger charge is -2.02. The average Bonchev–Trinajstić information content (AvgIpc) is 2.43. The fourth-order valence-corrected chi connectivity index (χ4v) is 2.01. The molecule has 0 bridgehead atoms. The molecule has 0 radical (unpaired) electrons. The van der Waals surface area contributed by atoms with E-state index in [0.29, 0.717) is 5.92 Å². The number of aliphatic carboxylic acids is 1. The summed E-state index contributed by atoms with van der Waals surface area (Å²) in [6, 6.07) is 0. The van der Waals surface area contributed by atoms with Gasteiger partial charge in [-0.15, -0.1) is 0 Å². The molecule has 0 aliphatic heterocycles. The quantitative estimate of drug-likeness (QED) is 0.571. The highest BCUT2D eigenvalue weighted by Crippen LogP contribution is 2.55. The van der Waals surface area contributed by atoms with Gasteiger partial charge in [-0.25, -0.2) is 0 Å². The van der Waals surface area contributed by atoms with Gasteiger partial charge in [-0.1, -0.05) is 0 Å². The first-order valence-electron chi connectivity index (χ1n) is 3.52. The fourth-order valence-electron chi connectivity index (χ4n) is 2.01. The van der Waals surface area contributed by atoms with Crippen LogP contribution in [-0.4, -0.2) is 11.1 Å². The van der Waals surface area contributed by atoms with Gasteiger partial charge in [0, 0.05) is 0 Å². The van der Waals surface area contributed by atoms with Crippen molar-refractivity contribution in [1.29, 1.82) is 0 Å². The molecule has 0 aromatic heterocycles. The molecule has 2 fully saturated rings. The number of hydrogen-bond acceptors (Lipinski definition) is 1. The Bertz CT molecular complexity index is 153. The Morgan fingerprint density at radius 1 is 1.44 bits per heavy atom. The Hall–Kier alpha value is -0.530. The van der Waals surface area contributed by atoms with E-state index >= 15 is 0 Å². The van der Waals surface area contributed by atoms with Gasteiger partial charge in [-0.3, -0.25) is 4.79 Å². The maximum atomic E-state index is 10.4. The second-order valence-electron chi connectivity index (χ2n) is 3.18. The number of carboxylic acids is 1. The van der Waals surface area contributed by atoms with Gasteiger partial charge in [-0.05, 0) is 31.1 Å². The maximum Gasteiger partial charge on any atom is 0.306 e. The van der Waals surface area contributed by atoms with Crippen molar-refractivity contribution in [2.24, 2.45) is 17.8 Å². The normalized spacial score (nSPS) is 46.4. The maximum absolute atomic E-state index is 10.4. The molecule has 0 aromatic rings. The van der Waals surface area contributed by atoms with Crippen LogP contribution in [0.5, 0.6) is 0 Å². The van der Waals surface area contributed by atoms with Crippen molar-refractivity contribution >= 4 is 5.97 Å². The van der Waals surface area contributed by atoms with Gasteiger partial charge in [0.2, 0.25) is 0 Å². The van der Waals surface area contributed by atoms with Gasteiger partial charge >= 0.3 is 5.97 Å². The lowest BCUT2D eigenvalue weighted by molar-refractivity contribution is -0.142. The van der Waals surface area contributed by atoms with E-state index in [4.69, 9.17) is 5.11 Å². The zero-order valence-electron chi connectivity index (χ0n) is 5.21. The topological polar surface area (TPSA) is 37.3 Å². The minimum absolute atomic E-state index is 0.0231. The molecule has 50 valence electrons.